The molecular formula is C22H22ClFN2OS. The summed E-state index contributed by atoms with van der Waals surface area (Å²) < 4.78 is 13.6. The highest BCUT2D eigenvalue weighted by molar-refractivity contribution is 7.99. The first-order valence-corrected chi connectivity index (χ1v) is 10.8. The number of halogens is 2. The molecule has 0 bridgehead atoms. The summed E-state index contributed by atoms with van der Waals surface area (Å²) in [5.74, 6) is 0.0771. The van der Waals surface area contributed by atoms with Crippen LogP contribution in [0, 0.1) is 11.7 Å². The number of hydrogen-bond acceptors (Lipinski definition) is 3. The molecule has 1 amide bonds. The third-order valence-electron chi connectivity index (χ3n) is 5.33. The molecule has 1 fully saturated rings. The molecule has 4 rings (SSSR count). The molecule has 3 nitrogen and oxygen atoms in total. The highest BCUT2D eigenvalue weighted by Gasteiger charge is 2.21. The van der Waals surface area contributed by atoms with Crippen LogP contribution in [-0.2, 0) is 0 Å². The molecule has 2 aliphatic rings. The molecule has 1 aliphatic heterocycles. The van der Waals surface area contributed by atoms with Gasteiger partial charge >= 0.3 is 0 Å². The van der Waals surface area contributed by atoms with Crippen molar-refractivity contribution in [3.63, 3.8) is 0 Å². The van der Waals surface area contributed by atoms with E-state index in [0.717, 1.165) is 52.4 Å². The van der Waals surface area contributed by atoms with Crippen molar-refractivity contribution in [2.75, 3.05) is 6.54 Å². The van der Waals surface area contributed by atoms with Crippen molar-refractivity contribution in [2.45, 2.75) is 47.8 Å². The van der Waals surface area contributed by atoms with Gasteiger partial charge in [0.25, 0.3) is 5.91 Å². The Kier molecular flexibility index (Phi) is 5.74. The van der Waals surface area contributed by atoms with Crippen LogP contribution in [0.15, 0.2) is 51.2 Å². The number of alkyl halides is 1. The fourth-order valence-electron chi connectivity index (χ4n) is 3.82. The summed E-state index contributed by atoms with van der Waals surface area (Å²) in [6.45, 7) is 2.52. The number of aliphatic imine (C=N–C) groups is 1. The van der Waals surface area contributed by atoms with Crippen molar-refractivity contribution in [1.29, 1.82) is 0 Å². The highest BCUT2D eigenvalue weighted by Crippen LogP contribution is 2.40. The minimum atomic E-state index is -0.276. The SMILES string of the molecule is CC1=Nc2cc(C(=O)NCC3CCCC(Cl)C3)ccc2Sc2ccc(F)cc21. The van der Waals surface area contributed by atoms with Crippen LogP contribution in [0.25, 0.3) is 0 Å². The molecule has 0 radical (unpaired) electrons. The number of benzene rings is 2. The molecule has 2 aromatic rings. The lowest BCUT2D eigenvalue weighted by atomic mass is 9.89. The molecule has 1 saturated carbocycles. The van der Waals surface area contributed by atoms with Gasteiger partial charge in [-0.15, -0.1) is 11.6 Å². The summed E-state index contributed by atoms with van der Waals surface area (Å²) in [6, 6.07) is 10.3. The maximum atomic E-state index is 13.6. The second kappa shape index (κ2) is 8.26. The van der Waals surface area contributed by atoms with E-state index < -0.39 is 0 Å². The lowest BCUT2D eigenvalue weighted by Gasteiger charge is -2.25. The van der Waals surface area contributed by atoms with Crippen LogP contribution in [0.4, 0.5) is 10.1 Å². The minimum Gasteiger partial charge on any atom is -0.352 e. The van der Waals surface area contributed by atoms with Gasteiger partial charge in [-0.1, -0.05) is 18.2 Å². The monoisotopic (exact) mass is 416 g/mol. The molecule has 1 heterocycles. The summed E-state index contributed by atoms with van der Waals surface area (Å²) in [7, 11) is 0. The van der Waals surface area contributed by atoms with Gasteiger partial charge in [0.05, 0.1) is 5.69 Å². The number of carbonyl (C=O) groups excluding carboxylic acids is 1. The normalized spacial score (nSPS) is 21.2. The number of fused-ring (bicyclic) bond motifs is 2. The Balaban J connectivity index is 1.52. The van der Waals surface area contributed by atoms with Crippen LogP contribution in [0.5, 0.6) is 0 Å². The second-order valence-electron chi connectivity index (χ2n) is 7.46. The van der Waals surface area contributed by atoms with Crippen LogP contribution in [0.1, 0.15) is 48.5 Å². The fraction of sp³-hybridized carbons (Fsp3) is 0.364. The van der Waals surface area contributed by atoms with E-state index in [9.17, 15) is 9.18 Å². The average molecular weight is 417 g/mol. The Bertz CT molecular complexity index is 946. The quantitative estimate of drug-likeness (QED) is 0.627. The lowest BCUT2D eigenvalue weighted by Crippen LogP contribution is -2.32. The molecule has 0 spiro atoms. The van der Waals surface area contributed by atoms with Gasteiger partial charge in [0.2, 0.25) is 0 Å². The van der Waals surface area contributed by atoms with E-state index >= 15 is 0 Å². The molecule has 0 saturated heterocycles. The van der Waals surface area contributed by atoms with Gasteiger partial charge in [-0.05, 0) is 68.5 Å². The maximum absolute atomic E-state index is 13.6. The van der Waals surface area contributed by atoms with Crippen molar-refractivity contribution in [2.24, 2.45) is 10.9 Å². The molecule has 2 atom stereocenters. The van der Waals surface area contributed by atoms with Crippen molar-refractivity contribution < 1.29 is 9.18 Å². The Morgan fingerprint density at radius 3 is 2.89 bits per heavy atom. The second-order valence-corrected chi connectivity index (χ2v) is 9.16. The fourth-order valence-corrected chi connectivity index (χ4v) is 5.26. The van der Waals surface area contributed by atoms with Crippen molar-refractivity contribution in [3.8, 4) is 0 Å². The van der Waals surface area contributed by atoms with E-state index in [1.54, 1.807) is 17.8 Å². The highest BCUT2D eigenvalue weighted by atomic mass is 35.5. The average Bonchev–Trinajstić information content (AvgIpc) is 2.81. The van der Waals surface area contributed by atoms with Gasteiger partial charge in [0, 0.05) is 38.6 Å². The van der Waals surface area contributed by atoms with Crippen LogP contribution < -0.4 is 5.32 Å². The topological polar surface area (TPSA) is 41.5 Å². The minimum absolute atomic E-state index is 0.0924. The molecule has 2 unspecified atom stereocenters. The van der Waals surface area contributed by atoms with Gasteiger partial charge in [-0.25, -0.2) is 4.39 Å². The van der Waals surface area contributed by atoms with Gasteiger partial charge in [-0.3, -0.25) is 9.79 Å². The first-order valence-electron chi connectivity index (χ1n) is 9.59. The molecular weight excluding hydrogens is 395 g/mol. The van der Waals surface area contributed by atoms with Crippen molar-refractivity contribution in [3.05, 3.63) is 53.3 Å². The molecule has 2 aromatic carbocycles. The molecule has 1 aliphatic carbocycles. The predicted molar refractivity (Wildman–Crippen MR) is 113 cm³/mol. The molecule has 0 aromatic heterocycles. The van der Waals surface area contributed by atoms with Crippen LogP contribution in [0.2, 0.25) is 0 Å². The van der Waals surface area contributed by atoms with E-state index in [0.29, 0.717) is 18.0 Å². The number of hydrogen-bond donors (Lipinski definition) is 1. The largest absolute Gasteiger partial charge is 0.352 e. The molecule has 1 N–H and O–H groups in total. The third-order valence-corrected chi connectivity index (χ3v) is 6.87. The van der Waals surface area contributed by atoms with Crippen molar-refractivity contribution in [1.82, 2.24) is 5.32 Å². The predicted octanol–water partition coefficient (Wildman–Crippen LogP) is 5.96. The zero-order valence-corrected chi connectivity index (χ0v) is 17.2. The van der Waals surface area contributed by atoms with Gasteiger partial charge < -0.3 is 5.32 Å². The number of rotatable bonds is 3. The third kappa shape index (κ3) is 4.26. The van der Waals surface area contributed by atoms with E-state index in [2.05, 4.69) is 10.3 Å². The summed E-state index contributed by atoms with van der Waals surface area (Å²) in [5, 5.41) is 3.27. The zero-order chi connectivity index (χ0) is 19.7. The van der Waals surface area contributed by atoms with E-state index in [1.807, 2.05) is 25.1 Å². The van der Waals surface area contributed by atoms with Gasteiger partial charge in [-0.2, -0.15) is 0 Å². The maximum Gasteiger partial charge on any atom is 0.251 e. The Morgan fingerprint density at radius 1 is 1.25 bits per heavy atom. The van der Waals surface area contributed by atoms with E-state index in [-0.39, 0.29) is 17.1 Å². The van der Waals surface area contributed by atoms with Crippen LogP contribution >= 0.6 is 23.4 Å². The first kappa shape index (κ1) is 19.5. The summed E-state index contributed by atoms with van der Waals surface area (Å²) in [6.07, 6.45) is 4.27. The number of carbonyl (C=O) groups is 1. The standard InChI is InChI=1S/C22H22ClFN2OS/c1-13-18-11-17(24)6-8-20(18)28-21-7-5-15(10-19(21)26-13)22(27)25-12-14-3-2-4-16(23)9-14/h5-8,10-11,14,16H,2-4,9,12H2,1H3,(H,25,27). The first-order chi connectivity index (χ1) is 13.5. The zero-order valence-electron chi connectivity index (χ0n) is 15.7. The summed E-state index contributed by atoms with van der Waals surface area (Å²) in [5.41, 5.74) is 2.87. The molecule has 146 valence electrons. The van der Waals surface area contributed by atoms with Crippen LogP contribution in [-0.4, -0.2) is 23.5 Å². The Hall–Kier alpha value is -1.85. The Morgan fingerprint density at radius 2 is 2.07 bits per heavy atom. The van der Waals surface area contributed by atoms with E-state index in [4.69, 9.17) is 11.6 Å². The Labute approximate surface area is 173 Å². The number of nitrogens with one attached hydrogen (secondary N) is 1. The van der Waals surface area contributed by atoms with Gasteiger partial charge in [0.15, 0.2) is 0 Å². The van der Waals surface area contributed by atoms with E-state index in [1.165, 1.54) is 12.1 Å². The van der Waals surface area contributed by atoms with Crippen LogP contribution in [0.3, 0.4) is 0 Å². The smallest absolute Gasteiger partial charge is 0.251 e. The summed E-state index contributed by atoms with van der Waals surface area (Å²) in [4.78, 5) is 19.2. The number of nitrogens with zero attached hydrogens (tertiary/aromatic N) is 1. The molecule has 28 heavy (non-hydrogen) atoms. The van der Waals surface area contributed by atoms with Gasteiger partial charge in [0.1, 0.15) is 5.82 Å². The summed E-state index contributed by atoms with van der Waals surface area (Å²) >= 11 is 7.79. The van der Waals surface area contributed by atoms with Crippen molar-refractivity contribution >= 4 is 40.7 Å². The molecule has 6 heteroatoms. The lowest BCUT2D eigenvalue weighted by molar-refractivity contribution is 0.0943. The number of amides is 1.